The number of imidazole rings is 1. The molecule has 2 aromatic heterocycles. The summed E-state index contributed by atoms with van der Waals surface area (Å²) < 4.78 is 13.2. The number of benzene rings is 1. The zero-order chi connectivity index (χ0) is 16.5. The molecule has 0 spiro atoms. The standard InChI is InChI=1S/C18H18ClN3O2/c1-21(9-13-2-4-16-17(8-13)24-7-6-23-16)11-15-12-22-10-14(19)3-5-18(22)20-15/h2-5,8,10,12H,6-7,9,11H2,1H3. The second-order valence-electron chi connectivity index (χ2n) is 6.00. The SMILES string of the molecule is CN(Cc1ccc2c(c1)OCCO2)Cc1cn2cc(Cl)ccc2n1. The van der Waals surface area contributed by atoms with Crippen LogP contribution in [0.1, 0.15) is 11.3 Å². The Hall–Kier alpha value is -2.24. The van der Waals surface area contributed by atoms with Gasteiger partial charge < -0.3 is 13.9 Å². The number of nitrogens with zero attached hydrogens (tertiary/aromatic N) is 3. The van der Waals surface area contributed by atoms with E-state index in [4.69, 9.17) is 21.1 Å². The molecular formula is C18H18ClN3O2. The van der Waals surface area contributed by atoms with E-state index in [0.29, 0.717) is 18.2 Å². The maximum atomic E-state index is 6.02. The van der Waals surface area contributed by atoms with E-state index in [1.165, 1.54) is 5.56 Å². The molecule has 0 radical (unpaired) electrons. The predicted octanol–water partition coefficient (Wildman–Crippen LogP) is 3.39. The van der Waals surface area contributed by atoms with E-state index >= 15 is 0 Å². The zero-order valence-electron chi connectivity index (χ0n) is 13.4. The average Bonchev–Trinajstić information content (AvgIpc) is 2.95. The maximum Gasteiger partial charge on any atom is 0.161 e. The minimum atomic E-state index is 0.607. The number of halogens is 1. The third-order valence-electron chi connectivity index (χ3n) is 3.96. The van der Waals surface area contributed by atoms with E-state index in [1.54, 1.807) is 0 Å². The molecule has 1 aliphatic heterocycles. The molecule has 0 amide bonds. The van der Waals surface area contributed by atoms with Gasteiger partial charge in [-0.1, -0.05) is 17.7 Å². The highest BCUT2D eigenvalue weighted by atomic mass is 35.5. The first-order valence-electron chi connectivity index (χ1n) is 7.87. The quantitative estimate of drug-likeness (QED) is 0.728. The van der Waals surface area contributed by atoms with Crippen molar-refractivity contribution >= 4 is 17.2 Å². The molecule has 0 N–H and O–H groups in total. The Morgan fingerprint density at radius 1 is 1.08 bits per heavy atom. The fraction of sp³-hybridized carbons (Fsp3) is 0.278. The van der Waals surface area contributed by atoms with Gasteiger partial charge in [-0.15, -0.1) is 0 Å². The summed E-state index contributed by atoms with van der Waals surface area (Å²) in [6, 6.07) is 9.88. The van der Waals surface area contributed by atoms with E-state index in [-0.39, 0.29) is 0 Å². The molecule has 1 aliphatic rings. The van der Waals surface area contributed by atoms with Crippen molar-refractivity contribution in [1.82, 2.24) is 14.3 Å². The first kappa shape index (κ1) is 15.3. The lowest BCUT2D eigenvalue weighted by atomic mass is 10.2. The van der Waals surface area contributed by atoms with Gasteiger partial charge in [0, 0.05) is 25.5 Å². The molecule has 0 unspecified atom stereocenters. The fourth-order valence-electron chi connectivity index (χ4n) is 2.92. The van der Waals surface area contributed by atoms with Crippen molar-refractivity contribution in [3.05, 3.63) is 59.0 Å². The van der Waals surface area contributed by atoms with Crippen LogP contribution in [-0.2, 0) is 13.1 Å². The lowest BCUT2D eigenvalue weighted by molar-refractivity contribution is 0.171. The summed E-state index contributed by atoms with van der Waals surface area (Å²) >= 11 is 6.02. The summed E-state index contributed by atoms with van der Waals surface area (Å²) in [5.41, 5.74) is 3.10. The highest BCUT2D eigenvalue weighted by molar-refractivity contribution is 6.30. The van der Waals surface area contributed by atoms with Gasteiger partial charge in [-0.25, -0.2) is 4.98 Å². The van der Waals surface area contributed by atoms with Crippen LogP contribution >= 0.6 is 11.6 Å². The van der Waals surface area contributed by atoms with E-state index in [1.807, 2.05) is 35.0 Å². The molecule has 124 valence electrons. The van der Waals surface area contributed by atoms with E-state index in [2.05, 4.69) is 29.1 Å². The number of aromatic nitrogens is 2. The number of ether oxygens (including phenoxy) is 2. The van der Waals surface area contributed by atoms with Gasteiger partial charge in [-0.3, -0.25) is 4.90 Å². The van der Waals surface area contributed by atoms with Gasteiger partial charge in [0.15, 0.2) is 11.5 Å². The molecule has 5 nitrogen and oxygen atoms in total. The molecule has 24 heavy (non-hydrogen) atoms. The summed E-state index contributed by atoms with van der Waals surface area (Å²) in [6.45, 7) is 2.79. The molecule has 0 atom stereocenters. The first-order valence-corrected chi connectivity index (χ1v) is 8.25. The number of hydrogen-bond acceptors (Lipinski definition) is 4. The van der Waals surface area contributed by atoms with Crippen LogP contribution in [0.15, 0.2) is 42.7 Å². The molecule has 3 heterocycles. The Morgan fingerprint density at radius 2 is 1.92 bits per heavy atom. The van der Waals surface area contributed by atoms with Gasteiger partial charge in [0.2, 0.25) is 0 Å². The van der Waals surface area contributed by atoms with Crippen LogP contribution in [0.2, 0.25) is 5.02 Å². The molecule has 1 aromatic carbocycles. The number of hydrogen-bond donors (Lipinski definition) is 0. The van der Waals surface area contributed by atoms with Crippen LogP contribution in [0.5, 0.6) is 11.5 Å². The molecule has 0 fully saturated rings. The summed E-state index contributed by atoms with van der Waals surface area (Å²) in [4.78, 5) is 6.84. The number of rotatable bonds is 4. The molecule has 4 rings (SSSR count). The van der Waals surface area contributed by atoms with Crippen molar-refractivity contribution < 1.29 is 9.47 Å². The Morgan fingerprint density at radius 3 is 2.79 bits per heavy atom. The van der Waals surface area contributed by atoms with Gasteiger partial charge >= 0.3 is 0 Å². The summed E-state index contributed by atoms with van der Waals surface area (Å²) in [5.74, 6) is 1.65. The largest absolute Gasteiger partial charge is 0.486 e. The smallest absolute Gasteiger partial charge is 0.161 e. The van der Waals surface area contributed by atoms with Crippen molar-refractivity contribution in [2.45, 2.75) is 13.1 Å². The second-order valence-corrected chi connectivity index (χ2v) is 6.43. The number of pyridine rings is 1. The summed E-state index contributed by atoms with van der Waals surface area (Å²) in [7, 11) is 2.08. The fourth-order valence-corrected chi connectivity index (χ4v) is 3.09. The van der Waals surface area contributed by atoms with E-state index in [9.17, 15) is 0 Å². The molecule has 6 heteroatoms. The lowest BCUT2D eigenvalue weighted by Crippen LogP contribution is -2.18. The van der Waals surface area contributed by atoms with Gasteiger partial charge in [0.05, 0.1) is 10.7 Å². The van der Waals surface area contributed by atoms with Crippen LogP contribution < -0.4 is 9.47 Å². The van der Waals surface area contributed by atoms with E-state index in [0.717, 1.165) is 35.9 Å². The van der Waals surface area contributed by atoms with Crippen molar-refractivity contribution in [3.63, 3.8) is 0 Å². The Bertz CT molecular complexity index is 878. The molecule has 0 saturated carbocycles. The molecule has 3 aromatic rings. The zero-order valence-corrected chi connectivity index (χ0v) is 14.2. The predicted molar refractivity (Wildman–Crippen MR) is 92.8 cm³/mol. The van der Waals surface area contributed by atoms with Gasteiger partial charge in [0.25, 0.3) is 0 Å². The van der Waals surface area contributed by atoms with Gasteiger partial charge in [0.1, 0.15) is 18.9 Å². The Balaban J connectivity index is 1.46. The van der Waals surface area contributed by atoms with Crippen molar-refractivity contribution in [3.8, 4) is 11.5 Å². The lowest BCUT2D eigenvalue weighted by Gasteiger charge is -2.20. The Labute approximate surface area is 145 Å². The third-order valence-corrected chi connectivity index (χ3v) is 4.18. The minimum Gasteiger partial charge on any atom is -0.486 e. The van der Waals surface area contributed by atoms with Crippen LogP contribution in [0.4, 0.5) is 0 Å². The second kappa shape index (κ2) is 6.34. The first-order chi connectivity index (χ1) is 11.7. The van der Waals surface area contributed by atoms with Crippen LogP contribution in [0.3, 0.4) is 0 Å². The molecule has 0 saturated heterocycles. The maximum absolute atomic E-state index is 6.02. The average molecular weight is 344 g/mol. The van der Waals surface area contributed by atoms with Crippen molar-refractivity contribution in [1.29, 1.82) is 0 Å². The normalized spacial score (nSPS) is 13.6. The van der Waals surface area contributed by atoms with Crippen LogP contribution in [0, 0.1) is 0 Å². The summed E-state index contributed by atoms with van der Waals surface area (Å²) in [6.07, 6.45) is 3.88. The van der Waals surface area contributed by atoms with Crippen molar-refractivity contribution in [2.24, 2.45) is 0 Å². The molecule has 0 bridgehead atoms. The monoisotopic (exact) mass is 343 g/mol. The topological polar surface area (TPSA) is 39.0 Å². The summed E-state index contributed by atoms with van der Waals surface area (Å²) in [5, 5.41) is 0.705. The van der Waals surface area contributed by atoms with E-state index < -0.39 is 0 Å². The highest BCUT2D eigenvalue weighted by Gasteiger charge is 2.13. The van der Waals surface area contributed by atoms with Crippen molar-refractivity contribution in [2.75, 3.05) is 20.3 Å². The Kier molecular flexibility index (Phi) is 4.04. The number of fused-ring (bicyclic) bond motifs is 2. The van der Waals surface area contributed by atoms with Gasteiger partial charge in [-0.2, -0.15) is 0 Å². The third kappa shape index (κ3) is 3.18. The molecular weight excluding hydrogens is 326 g/mol. The highest BCUT2D eigenvalue weighted by Crippen LogP contribution is 2.31. The van der Waals surface area contributed by atoms with Gasteiger partial charge in [-0.05, 0) is 36.9 Å². The van der Waals surface area contributed by atoms with Crippen LogP contribution in [-0.4, -0.2) is 34.5 Å². The molecule has 0 aliphatic carbocycles. The minimum absolute atomic E-state index is 0.607. The van der Waals surface area contributed by atoms with Crippen LogP contribution in [0.25, 0.3) is 5.65 Å².